The lowest BCUT2D eigenvalue weighted by Gasteiger charge is -2.04. The fraction of sp³-hybridized carbons (Fsp3) is 0.636. The van der Waals surface area contributed by atoms with Crippen LogP contribution in [-0.4, -0.2) is 4.57 Å². The minimum atomic E-state index is 0.905. The Labute approximate surface area is 73.4 Å². The van der Waals surface area contributed by atoms with Gasteiger partial charge in [-0.1, -0.05) is 0 Å². The maximum Gasteiger partial charge on any atom is 0.0205 e. The normalized spacial score (nSPS) is 23.1. The van der Waals surface area contributed by atoms with Crippen LogP contribution in [0.4, 0.5) is 0 Å². The first kappa shape index (κ1) is 6.76. The lowest BCUT2D eigenvalue weighted by atomic mass is 10.3. The largest absolute Gasteiger partial charge is 0.351 e. The minimum Gasteiger partial charge on any atom is -0.351 e. The van der Waals surface area contributed by atoms with Crippen molar-refractivity contribution in [1.29, 1.82) is 0 Å². The Bertz CT molecular complexity index is 273. The highest BCUT2D eigenvalue weighted by Gasteiger charge is 2.31. The van der Waals surface area contributed by atoms with Gasteiger partial charge in [-0.25, -0.2) is 0 Å². The summed E-state index contributed by atoms with van der Waals surface area (Å²) in [7, 11) is 2.24. The first-order chi connectivity index (χ1) is 5.86. The van der Waals surface area contributed by atoms with Crippen molar-refractivity contribution in [2.24, 2.45) is 7.05 Å². The number of rotatable bonds is 2. The molecule has 0 amide bonds. The van der Waals surface area contributed by atoms with Gasteiger partial charge in [0.2, 0.25) is 0 Å². The molecule has 2 saturated carbocycles. The third-order valence-electron chi connectivity index (χ3n) is 3.19. The first-order valence-corrected chi connectivity index (χ1v) is 5.02. The quantitative estimate of drug-likeness (QED) is 0.628. The molecular weight excluding hydrogens is 146 g/mol. The van der Waals surface area contributed by atoms with Gasteiger partial charge in [-0.2, -0.15) is 0 Å². The summed E-state index contributed by atoms with van der Waals surface area (Å²) < 4.78 is 2.44. The minimum absolute atomic E-state index is 0.905. The Kier molecular flexibility index (Phi) is 1.21. The molecule has 0 bridgehead atoms. The molecule has 0 unspecified atom stereocenters. The average Bonchev–Trinajstić information content (AvgIpc) is 2.94. The van der Waals surface area contributed by atoms with Crippen LogP contribution < -0.4 is 0 Å². The van der Waals surface area contributed by atoms with E-state index in [2.05, 4.69) is 23.7 Å². The molecule has 0 saturated heterocycles. The predicted molar refractivity (Wildman–Crippen MR) is 49.4 cm³/mol. The molecular formula is C11H15N. The topological polar surface area (TPSA) is 4.93 Å². The number of aromatic nitrogens is 1. The summed E-state index contributed by atoms with van der Waals surface area (Å²) in [5.41, 5.74) is 3.16. The van der Waals surface area contributed by atoms with Gasteiger partial charge in [-0.05, 0) is 49.7 Å². The Balaban J connectivity index is 1.98. The molecule has 0 aliphatic heterocycles. The van der Waals surface area contributed by atoms with Crippen LogP contribution >= 0.6 is 0 Å². The molecule has 64 valence electrons. The zero-order chi connectivity index (χ0) is 8.13. The van der Waals surface area contributed by atoms with Gasteiger partial charge >= 0.3 is 0 Å². The van der Waals surface area contributed by atoms with Crippen molar-refractivity contribution < 1.29 is 0 Å². The smallest absolute Gasteiger partial charge is 0.0205 e. The molecule has 0 aromatic carbocycles. The summed E-state index contributed by atoms with van der Waals surface area (Å²) in [5.74, 6) is 1.81. The maximum atomic E-state index is 2.44. The molecule has 1 nitrogen and oxygen atoms in total. The van der Waals surface area contributed by atoms with Crippen molar-refractivity contribution in [2.75, 3.05) is 0 Å². The van der Waals surface area contributed by atoms with Crippen LogP contribution in [0.3, 0.4) is 0 Å². The van der Waals surface area contributed by atoms with E-state index in [9.17, 15) is 0 Å². The van der Waals surface area contributed by atoms with Gasteiger partial charge in [-0.3, -0.25) is 0 Å². The molecule has 1 heterocycles. The zero-order valence-electron chi connectivity index (χ0n) is 7.59. The van der Waals surface area contributed by atoms with Gasteiger partial charge in [0.25, 0.3) is 0 Å². The van der Waals surface area contributed by atoms with Gasteiger partial charge in [0.05, 0.1) is 0 Å². The highest BCUT2D eigenvalue weighted by Crippen LogP contribution is 2.45. The van der Waals surface area contributed by atoms with Crippen molar-refractivity contribution >= 4 is 0 Å². The molecule has 3 rings (SSSR count). The van der Waals surface area contributed by atoms with E-state index < -0.39 is 0 Å². The highest BCUT2D eigenvalue weighted by molar-refractivity contribution is 5.27. The van der Waals surface area contributed by atoms with E-state index in [1.165, 1.54) is 25.7 Å². The molecule has 0 spiro atoms. The van der Waals surface area contributed by atoms with Crippen molar-refractivity contribution in [2.45, 2.75) is 37.5 Å². The first-order valence-electron chi connectivity index (χ1n) is 5.02. The van der Waals surface area contributed by atoms with E-state index in [1.807, 2.05) is 0 Å². The van der Waals surface area contributed by atoms with Gasteiger partial charge in [0.15, 0.2) is 0 Å². The fourth-order valence-corrected chi connectivity index (χ4v) is 2.12. The second-order valence-electron chi connectivity index (χ2n) is 4.29. The van der Waals surface area contributed by atoms with E-state index in [0.717, 1.165) is 11.8 Å². The van der Waals surface area contributed by atoms with E-state index in [1.54, 1.807) is 11.4 Å². The monoisotopic (exact) mass is 161 g/mol. The SMILES string of the molecule is Cn1c(C2CC2)ccc1C1CC1. The highest BCUT2D eigenvalue weighted by atomic mass is 15.0. The molecule has 2 aliphatic carbocycles. The van der Waals surface area contributed by atoms with E-state index in [0.29, 0.717) is 0 Å². The fourth-order valence-electron chi connectivity index (χ4n) is 2.12. The predicted octanol–water partition coefficient (Wildman–Crippen LogP) is 2.78. The van der Waals surface area contributed by atoms with Crippen LogP contribution in [0.15, 0.2) is 12.1 Å². The summed E-state index contributed by atoms with van der Waals surface area (Å²) >= 11 is 0. The van der Waals surface area contributed by atoms with Crippen molar-refractivity contribution in [3.8, 4) is 0 Å². The van der Waals surface area contributed by atoms with Crippen LogP contribution in [0, 0.1) is 0 Å². The van der Waals surface area contributed by atoms with Crippen LogP contribution in [0.2, 0.25) is 0 Å². The summed E-state index contributed by atoms with van der Waals surface area (Å²) in [6, 6.07) is 4.68. The Hall–Kier alpha value is -0.720. The van der Waals surface area contributed by atoms with E-state index in [-0.39, 0.29) is 0 Å². The standard InChI is InChI=1S/C11H15N/c1-12-10(8-2-3-8)6-7-11(12)9-4-5-9/h6-9H,2-5H2,1H3. The zero-order valence-corrected chi connectivity index (χ0v) is 7.59. The number of hydrogen-bond acceptors (Lipinski definition) is 0. The average molecular weight is 161 g/mol. The van der Waals surface area contributed by atoms with Crippen LogP contribution in [0.25, 0.3) is 0 Å². The molecule has 1 aromatic rings. The molecule has 1 heteroatoms. The molecule has 2 fully saturated rings. The van der Waals surface area contributed by atoms with Gasteiger partial charge in [0, 0.05) is 18.4 Å². The van der Waals surface area contributed by atoms with Crippen LogP contribution in [0.1, 0.15) is 48.9 Å². The summed E-state index contributed by atoms with van der Waals surface area (Å²) in [6.45, 7) is 0. The Morgan fingerprint density at radius 2 is 1.42 bits per heavy atom. The Morgan fingerprint density at radius 3 is 1.75 bits per heavy atom. The summed E-state index contributed by atoms with van der Waals surface area (Å²) in [5, 5.41) is 0. The van der Waals surface area contributed by atoms with Crippen molar-refractivity contribution in [3.05, 3.63) is 23.5 Å². The number of hydrogen-bond donors (Lipinski definition) is 0. The Morgan fingerprint density at radius 1 is 1.00 bits per heavy atom. The van der Waals surface area contributed by atoms with Crippen molar-refractivity contribution in [3.63, 3.8) is 0 Å². The van der Waals surface area contributed by atoms with E-state index >= 15 is 0 Å². The van der Waals surface area contributed by atoms with Crippen molar-refractivity contribution in [1.82, 2.24) is 4.57 Å². The lowest BCUT2D eigenvalue weighted by Crippen LogP contribution is -1.98. The van der Waals surface area contributed by atoms with Gasteiger partial charge in [0.1, 0.15) is 0 Å². The van der Waals surface area contributed by atoms with Crippen LogP contribution in [-0.2, 0) is 7.05 Å². The number of nitrogens with zero attached hydrogens (tertiary/aromatic N) is 1. The molecule has 12 heavy (non-hydrogen) atoms. The second kappa shape index (κ2) is 2.15. The second-order valence-corrected chi connectivity index (χ2v) is 4.29. The van der Waals surface area contributed by atoms with Gasteiger partial charge in [-0.15, -0.1) is 0 Å². The third kappa shape index (κ3) is 0.921. The molecule has 0 radical (unpaired) electrons. The maximum absolute atomic E-state index is 2.44. The molecule has 2 aliphatic rings. The van der Waals surface area contributed by atoms with Gasteiger partial charge < -0.3 is 4.57 Å². The third-order valence-corrected chi connectivity index (χ3v) is 3.19. The molecule has 0 atom stereocenters. The summed E-state index contributed by atoms with van der Waals surface area (Å²) in [6.07, 6.45) is 5.67. The molecule has 0 N–H and O–H groups in total. The molecule has 1 aromatic heterocycles. The lowest BCUT2D eigenvalue weighted by molar-refractivity contribution is 0.770. The summed E-state index contributed by atoms with van der Waals surface area (Å²) in [4.78, 5) is 0. The van der Waals surface area contributed by atoms with E-state index in [4.69, 9.17) is 0 Å². The van der Waals surface area contributed by atoms with Crippen LogP contribution in [0.5, 0.6) is 0 Å².